The molecule has 0 spiro atoms. The maximum absolute atomic E-state index is 15.0. The number of rotatable bonds is 14. The topological polar surface area (TPSA) is 152 Å². The van der Waals surface area contributed by atoms with E-state index < -0.39 is 56.0 Å². The number of fused-ring (bicyclic) bond motifs is 3. The summed E-state index contributed by atoms with van der Waals surface area (Å²) in [4.78, 5) is 65.7. The highest BCUT2D eigenvalue weighted by molar-refractivity contribution is 7.90. The maximum atomic E-state index is 15.0. The van der Waals surface area contributed by atoms with E-state index in [4.69, 9.17) is 14.5 Å². The van der Waals surface area contributed by atoms with E-state index in [0.29, 0.717) is 41.5 Å². The van der Waals surface area contributed by atoms with Crippen LogP contribution in [-0.2, 0) is 29.2 Å². The standard InChI is InChI=1S/C45H54N4O8S/c1-6-29-23-45(29,43(53)47-58(54,55)33-15-16-33)24-39(50)38-20-32(26-49(38)42(52)35(44(2,3)4)21-41(51)48-25-27-12-13-30(48)18-27)57-40-22-36(28-10-8-7-9-11-28)46-37-19-31(56-5)14-17-34(37)40/h6-11,14,17,19,22,27,29-30,32-33,35,38H,1,12-13,15-16,18,20-21,23-26H2,2-5H3,(H,47,53)/t27?,29-,30?,32-,35-,38+,45-/m1/s1. The number of benzene rings is 2. The molecule has 5 aliphatic rings. The van der Waals surface area contributed by atoms with Crippen molar-refractivity contribution >= 4 is 44.4 Å². The highest BCUT2D eigenvalue weighted by atomic mass is 32.2. The number of hydrogen-bond donors (Lipinski definition) is 1. The van der Waals surface area contributed by atoms with Gasteiger partial charge in [-0.3, -0.25) is 23.9 Å². The molecule has 308 valence electrons. The van der Waals surface area contributed by atoms with Crippen LogP contribution >= 0.6 is 0 Å². The molecule has 0 radical (unpaired) electrons. The van der Waals surface area contributed by atoms with E-state index in [1.165, 1.54) is 0 Å². The number of hydrogen-bond acceptors (Lipinski definition) is 9. The molecule has 2 aromatic carbocycles. The lowest BCUT2D eigenvalue weighted by Gasteiger charge is -2.36. The Kier molecular flexibility index (Phi) is 10.4. The number of carbonyl (C=O) groups is 4. The van der Waals surface area contributed by atoms with Crippen molar-refractivity contribution in [3.63, 3.8) is 0 Å². The number of piperidine rings is 1. The van der Waals surface area contributed by atoms with Crippen LogP contribution in [0, 0.1) is 28.6 Å². The monoisotopic (exact) mass is 810 g/mol. The van der Waals surface area contributed by atoms with Crippen LogP contribution in [-0.4, -0.2) is 90.3 Å². The van der Waals surface area contributed by atoms with Gasteiger partial charge in [0.2, 0.25) is 27.7 Å². The quantitative estimate of drug-likeness (QED) is 0.191. The summed E-state index contributed by atoms with van der Waals surface area (Å²) in [7, 11) is -2.27. The number of methoxy groups -OCH3 is 1. The predicted molar refractivity (Wildman–Crippen MR) is 219 cm³/mol. The predicted octanol–water partition coefficient (Wildman–Crippen LogP) is 6.08. The lowest BCUT2D eigenvalue weighted by atomic mass is 9.77. The third-order valence-electron chi connectivity index (χ3n) is 13.3. The first-order chi connectivity index (χ1) is 27.6. The Hall–Kier alpha value is -4.78. The van der Waals surface area contributed by atoms with Crippen LogP contribution < -0.4 is 14.2 Å². The minimum Gasteiger partial charge on any atom is -0.497 e. The van der Waals surface area contributed by atoms with Gasteiger partial charge >= 0.3 is 0 Å². The number of ether oxygens (including phenoxy) is 2. The lowest BCUT2D eigenvalue weighted by molar-refractivity contribution is -0.148. The average Bonchev–Trinajstić information content (AvgIpc) is 4.04. The van der Waals surface area contributed by atoms with Gasteiger partial charge in [-0.15, -0.1) is 6.58 Å². The van der Waals surface area contributed by atoms with E-state index in [-0.39, 0.29) is 55.9 Å². The summed E-state index contributed by atoms with van der Waals surface area (Å²) in [5, 5.41) is 0.122. The molecule has 3 aromatic rings. The number of likely N-dealkylation sites (tertiary alicyclic amines) is 2. The summed E-state index contributed by atoms with van der Waals surface area (Å²) >= 11 is 0. The van der Waals surface area contributed by atoms with E-state index in [0.717, 1.165) is 36.8 Å². The number of nitrogens with one attached hydrogen (secondary N) is 1. The molecular weight excluding hydrogens is 757 g/mol. The molecule has 12 nitrogen and oxygen atoms in total. The SMILES string of the molecule is C=C[C@@H]1C[C@]1(CC(=O)[C@@H]1C[C@@H](Oc2cc(-c3ccccc3)nc3cc(OC)ccc23)CN1C(=O)[C@@H](CC(=O)N1CC2CCC1C2)C(C)(C)C)C(=O)NS(=O)(=O)C1CC1. The van der Waals surface area contributed by atoms with Crippen LogP contribution in [0.5, 0.6) is 11.5 Å². The second-order valence-electron chi connectivity index (χ2n) is 18.3. The van der Waals surface area contributed by atoms with Crippen molar-refractivity contribution in [1.82, 2.24) is 19.5 Å². The van der Waals surface area contributed by atoms with Crippen LogP contribution in [0.3, 0.4) is 0 Å². The minimum atomic E-state index is -3.86. The number of allylic oxidation sites excluding steroid dienone is 1. The number of sulfonamides is 1. The molecule has 3 saturated carbocycles. The number of aromatic nitrogens is 1. The Labute approximate surface area is 340 Å². The van der Waals surface area contributed by atoms with E-state index in [1.54, 1.807) is 18.1 Å². The number of pyridine rings is 1. The van der Waals surface area contributed by atoms with Crippen LogP contribution in [0.1, 0.15) is 78.6 Å². The van der Waals surface area contributed by atoms with Gasteiger partial charge in [-0.25, -0.2) is 13.4 Å². The molecular formula is C45H54N4O8S. The maximum Gasteiger partial charge on any atom is 0.240 e. The molecule has 2 saturated heterocycles. The minimum absolute atomic E-state index is 0.0235. The van der Waals surface area contributed by atoms with Crippen molar-refractivity contribution in [1.29, 1.82) is 0 Å². The summed E-state index contributed by atoms with van der Waals surface area (Å²) in [6.07, 6.45) is 5.25. The number of nitrogens with zero attached hydrogens (tertiary/aromatic N) is 3. The molecule has 8 rings (SSSR count). The van der Waals surface area contributed by atoms with Crippen LogP contribution in [0.2, 0.25) is 0 Å². The number of amides is 3. The molecule has 2 bridgehead atoms. The Morgan fingerprint density at radius 2 is 1.76 bits per heavy atom. The van der Waals surface area contributed by atoms with E-state index in [2.05, 4.69) is 11.3 Å². The van der Waals surface area contributed by atoms with Crippen molar-refractivity contribution in [2.75, 3.05) is 20.2 Å². The molecule has 58 heavy (non-hydrogen) atoms. The average molecular weight is 811 g/mol. The first kappa shape index (κ1) is 40.0. The van der Waals surface area contributed by atoms with Crippen molar-refractivity contribution in [2.24, 2.45) is 28.6 Å². The fraction of sp³-hybridized carbons (Fsp3) is 0.533. The summed E-state index contributed by atoms with van der Waals surface area (Å²) in [6, 6.07) is 16.3. The van der Waals surface area contributed by atoms with Gasteiger partial charge in [0.05, 0.1) is 47.5 Å². The van der Waals surface area contributed by atoms with Gasteiger partial charge < -0.3 is 19.3 Å². The van der Waals surface area contributed by atoms with Crippen LogP contribution in [0.15, 0.2) is 67.3 Å². The Balaban J connectivity index is 1.11. The molecule has 2 unspecified atom stereocenters. The third-order valence-corrected chi connectivity index (χ3v) is 15.1. The first-order valence-corrected chi connectivity index (χ1v) is 22.2. The van der Waals surface area contributed by atoms with E-state index in [9.17, 15) is 27.6 Å². The van der Waals surface area contributed by atoms with Gasteiger partial charge in [0.1, 0.15) is 17.6 Å². The lowest BCUT2D eigenvalue weighted by Crippen LogP contribution is -2.49. The smallest absolute Gasteiger partial charge is 0.240 e. The zero-order valence-electron chi connectivity index (χ0n) is 33.8. The molecule has 13 heteroatoms. The zero-order chi connectivity index (χ0) is 41.1. The summed E-state index contributed by atoms with van der Waals surface area (Å²) < 4.78 is 40.3. The molecule has 2 aliphatic heterocycles. The molecule has 5 fully saturated rings. The van der Waals surface area contributed by atoms with Gasteiger partial charge in [0, 0.05) is 54.9 Å². The summed E-state index contributed by atoms with van der Waals surface area (Å²) in [5.41, 5.74) is 0.301. The molecule has 3 heterocycles. The van der Waals surface area contributed by atoms with Crippen molar-refractivity contribution in [2.45, 2.75) is 102 Å². The summed E-state index contributed by atoms with van der Waals surface area (Å²) in [5.74, 6) is -0.861. The number of carbonyl (C=O) groups excluding carboxylic acids is 4. The van der Waals surface area contributed by atoms with Gasteiger partial charge in [-0.05, 0) is 67.9 Å². The molecule has 3 amide bonds. The van der Waals surface area contributed by atoms with Crippen LogP contribution in [0.4, 0.5) is 0 Å². The van der Waals surface area contributed by atoms with Gasteiger partial charge in [0.25, 0.3) is 0 Å². The highest BCUT2D eigenvalue weighted by Crippen LogP contribution is 2.57. The third kappa shape index (κ3) is 7.74. The Morgan fingerprint density at radius 3 is 2.38 bits per heavy atom. The first-order valence-electron chi connectivity index (χ1n) is 20.6. The van der Waals surface area contributed by atoms with E-state index in [1.807, 2.05) is 80.3 Å². The van der Waals surface area contributed by atoms with Crippen molar-refractivity contribution in [3.8, 4) is 22.8 Å². The second-order valence-corrected chi connectivity index (χ2v) is 20.2. The Bertz CT molecular complexity index is 2250. The van der Waals surface area contributed by atoms with Gasteiger partial charge in [0.15, 0.2) is 5.78 Å². The number of ketones is 1. The normalized spacial score (nSPS) is 27.0. The van der Waals surface area contributed by atoms with Gasteiger partial charge in [-0.2, -0.15) is 0 Å². The summed E-state index contributed by atoms with van der Waals surface area (Å²) in [6.45, 7) is 10.5. The largest absolute Gasteiger partial charge is 0.497 e. The van der Waals surface area contributed by atoms with Crippen molar-refractivity contribution in [3.05, 3.63) is 67.3 Å². The molecule has 1 aromatic heterocycles. The van der Waals surface area contributed by atoms with Crippen molar-refractivity contribution < 1.29 is 37.1 Å². The fourth-order valence-corrected chi connectivity index (χ4v) is 10.9. The molecule has 7 atom stereocenters. The zero-order valence-corrected chi connectivity index (χ0v) is 34.6. The molecule has 1 N–H and O–H groups in total. The Morgan fingerprint density at radius 1 is 1.00 bits per heavy atom. The van der Waals surface area contributed by atoms with Gasteiger partial charge in [-0.1, -0.05) is 57.2 Å². The van der Waals surface area contributed by atoms with E-state index >= 15 is 0 Å². The molecule has 3 aliphatic carbocycles. The number of Topliss-reactive ketones (excluding diaryl/α,β-unsaturated/α-hetero) is 1. The second kappa shape index (κ2) is 15.1. The highest BCUT2D eigenvalue weighted by Gasteiger charge is 2.61. The fourth-order valence-electron chi connectivity index (χ4n) is 9.56. The van der Waals surface area contributed by atoms with Crippen LogP contribution in [0.25, 0.3) is 22.2 Å².